The molecule has 102 valence electrons. The molecule has 0 aromatic carbocycles. The zero-order valence-corrected chi connectivity index (χ0v) is 12.6. The third kappa shape index (κ3) is 2.70. The first-order valence-electron chi connectivity index (χ1n) is 5.83. The van der Waals surface area contributed by atoms with Crippen molar-refractivity contribution in [3.63, 3.8) is 0 Å². The van der Waals surface area contributed by atoms with Gasteiger partial charge in [0, 0.05) is 17.9 Å². The second kappa shape index (κ2) is 5.40. The summed E-state index contributed by atoms with van der Waals surface area (Å²) in [5.74, 6) is -0.909. The van der Waals surface area contributed by atoms with E-state index in [0.29, 0.717) is 5.56 Å². The molecule has 0 saturated heterocycles. The molecule has 2 aromatic rings. The second-order valence-corrected chi connectivity index (χ2v) is 6.10. The van der Waals surface area contributed by atoms with Crippen molar-refractivity contribution in [1.82, 2.24) is 4.98 Å². The molecule has 4 nitrogen and oxygen atoms in total. The molecular formula is C13H15NO3S2. The smallest absolute Gasteiger partial charge is 0.336 e. The molecule has 0 fully saturated rings. The van der Waals surface area contributed by atoms with Crippen LogP contribution in [0.4, 0.5) is 0 Å². The van der Waals surface area contributed by atoms with E-state index in [1.165, 1.54) is 11.3 Å². The number of hydrogen-bond acceptors (Lipinski definition) is 5. The first-order valence-corrected chi connectivity index (χ1v) is 7.59. The number of thiazole rings is 1. The monoisotopic (exact) mass is 297 g/mol. The topological polar surface area (TPSA) is 59.4 Å². The minimum absolute atomic E-state index is 0.305. The summed E-state index contributed by atoms with van der Waals surface area (Å²) in [4.78, 5) is 16.3. The lowest BCUT2D eigenvalue weighted by molar-refractivity contribution is -0.00149. The molecule has 0 aliphatic carbocycles. The number of carboxylic acids is 1. The number of aromatic carboxylic acids is 1. The van der Waals surface area contributed by atoms with Crippen LogP contribution in [0.2, 0.25) is 0 Å². The lowest BCUT2D eigenvalue weighted by Crippen LogP contribution is -2.22. The highest BCUT2D eigenvalue weighted by atomic mass is 32.1. The predicted octanol–water partition coefficient (Wildman–Crippen LogP) is 3.84. The molecule has 2 aromatic heterocycles. The summed E-state index contributed by atoms with van der Waals surface area (Å²) in [6, 6.07) is 1.65. The fourth-order valence-corrected chi connectivity index (χ4v) is 3.54. The van der Waals surface area contributed by atoms with E-state index in [9.17, 15) is 4.79 Å². The first kappa shape index (κ1) is 14.2. The first-order chi connectivity index (χ1) is 9.00. The summed E-state index contributed by atoms with van der Waals surface area (Å²) in [6.07, 6.45) is 0.835. The molecule has 1 N–H and O–H groups in total. The van der Waals surface area contributed by atoms with Gasteiger partial charge < -0.3 is 9.84 Å². The highest BCUT2D eigenvalue weighted by Crippen LogP contribution is 2.35. The molecule has 19 heavy (non-hydrogen) atoms. The molecule has 0 aliphatic heterocycles. The Labute approximate surface area is 119 Å². The summed E-state index contributed by atoms with van der Waals surface area (Å²) in [7, 11) is 1.68. The van der Waals surface area contributed by atoms with E-state index >= 15 is 0 Å². The Morgan fingerprint density at radius 3 is 2.74 bits per heavy atom. The summed E-state index contributed by atoms with van der Waals surface area (Å²) < 4.78 is 5.52. The van der Waals surface area contributed by atoms with Crippen molar-refractivity contribution in [3.8, 4) is 10.6 Å². The minimum atomic E-state index is -0.909. The molecule has 0 aliphatic rings. The Morgan fingerprint density at radius 2 is 2.21 bits per heavy atom. The average Bonchev–Trinajstić information content (AvgIpc) is 3.05. The fraction of sp³-hybridized carbons (Fsp3) is 0.385. The van der Waals surface area contributed by atoms with Crippen molar-refractivity contribution in [2.75, 3.05) is 7.11 Å². The van der Waals surface area contributed by atoms with E-state index in [-0.39, 0.29) is 5.60 Å². The van der Waals surface area contributed by atoms with Crippen LogP contribution >= 0.6 is 22.7 Å². The third-order valence-corrected chi connectivity index (χ3v) is 5.22. The summed E-state index contributed by atoms with van der Waals surface area (Å²) in [6.45, 7) is 4.06. The van der Waals surface area contributed by atoms with Crippen LogP contribution in [0.25, 0.3) is 10.6 Å². The van der Waals surface area contributed by atoms with Crippen LogP contribution in [0.3, 0.4) is 0 Å². The van der Waals surface area contributed by atoms with Crippen LogP contribution in [0.5, 0.6) is 0 Å². The van der Waals surface area contributed by atoms with Crippen LogP contribution < -0.4 is 0 Å². The standard InChI is InChI=1S/C13H15NO3S2/c1-4-13(2,17-3)12-14-9(7-19-12)10-5-8(6-18-10)11(15)16/h5-7H,4H2,1-3H3,(H,15,16). The van der Waals surface area contributed by atoms with Gasteiger partial charge in [0.15, 0.2) is 0 Å². The van der Waals surface area contributed by atoms with E-state index in [1.807, 2.05) is 12.3 Å². The average molecular weight is 297 g/mol. The van der Waals surface area contributed by atoms with E-state index in [2.05, 4.69) is 11.9 Å². The van der Waals surface area contributed by atoms with Gasteiger partial charge in [-0.15, -0.1) is 22.7 Å². The second-order valence-electron chi connectivity index (χ2n) is 4.33. The van der Waals surface area contributed by atoms with Crippen LogP contribution in [-0.4, -0.2) is 23.2 Å². The van der Waals surface area contributed by atoms with E-state index < -0.39 is 5.97 Å². The highest BCUT2D eigenvalue weighted by Gasteiger charge is 2.27. The molecule has 0 amide bonds. The number of rotatable bonds is 5. The largest absolute Gasteiger partial charge is 0.478 e. The number of carboxylic acid groups (broad SMARTS) is 1. The Bertz CT molecular complexity index is 584. The van der Waals surface area contributed by atoms with Gasteiger partial charge in [0.2, 0.25) is 0 Å². The highest BCUT2D eigenvalue weighted by molar-refractivity contribution is 7.14. The van der Waals surface area contributed by atoms with Crippen molar-refractivity contribution in [3.05, 3.63) is 27.4 Å². The van der Waals surface area contributed by atoms with Gasteiger partial charge in [0.1, 0.15) is 10.6 Å². The third-order valence-electron chi connectivity index (χ3n) is 3.18. The van der Waals surface area contributed by atoms with E-state index in [1.54, 1.807) is 29.9 Å². The van der Waals surface area contributed by atoms with E-state index in [0.717, 1.165) is 22.0 Å². The van der Waals surface area contributed by atoms with Gasteiger partial charge in [-0.25, -0.2) is 9.78 Å². The number of carbonyl (C=O) groups is 1. The molecule has 0 saturated carbocycles. The molecule has 1 atom stereocenters. The van der Waals surface area contributed by atoms with Crippen LogP contribution in [0, 0.1) is 0 Å². The SMILES string of the molecule is CCC(C)(OC)c1nc(-c2cc(C(=O)O)cs2)cs1. The summed E-state index contributed by atoms with van der Waals surface area (Å²) in [5.41, 5.74) is 0.740. The fourth-order valence-electron chi connectivity index (χ4n) is 1.60. The van der Waals surface area contributed by atoms with Gasteiger partial charge in [-0.3, -0.25) is 0 Å². The Balaban J connectivity index is 2.32. The van der Waals surface area contributed by atoms with Gasteiger partial charge in [-0.2, -0.15) is 0 Å². The van der Waals surface area contributed by atoms with Gasteiger partial charge >= 0.3 is 5.97 Å². The number of nitrogens with zero attached hydrogens (tertiary/aromatic N) is 1. The van der Waals surface area contributed by atoms with Crippen LogP contribution in [0.1, 0.15) is 35.6 Å². The number of thiophene rings is 1. The van der Waals surface area contributed by atoms with Crippen molar-refractivity contribution < 1.29 is 14.6 Å². The Hall–Kier alpha value is -1.24. The van der Waals surface area contributed by atoms with Gasteiger partial charge in [-0.1, -0.05) is 6.92 Å². The summed E-state index contributed by atoms with van der Waals surface area (Å²) in [5, 5.41) is 13.4. The Morgan fingerprint density at radius 1 is 1.47 bits per heavy atom. The van der Waals surface area contributed by atoms with Gasteiger partial charge in [0.05, 0.1) is 16.1 Å². The molecule has 0 radical (unpaired) electrons. The number of ether oxygens (including phenoxy) is 1. The van der Waals surface area contributed by atoms with Gasteiger partial charge in [-0.05, 0) is 19.4 Å². The predicted molar refractivity (Wildman–Crippen MR) is 77.0 cm³/mol. The minimum Gasteiger partial charge on any atom is -0.478 e. The zero-order valence-electron chi connectivity index (χ0n) is 11.0. The molecule has 6 heteroatoms. The summed E-state index contributed by atoms with van der Waals surface area (Å²) >= 11 is 2.93. The number of methoxy groups -OCH3 is 1. The van der Waals surface area contributed by atoms with Crippen molar-refractivity contribution in [1.29, 1.82) is 0 Å². The molecule has 2 heterocycles. The lowest BCUT2D eigenvalue weighted by Gasteiger charge is -2.23. The van der Waals surface area contributed by atoms with Crippen LogP contribution in [-0.2, 0) is 10.3 Å². The van der Waals surface area contributed by atoms with Crippen LogP contribution in [0.15, 0.2) is 16.8 Å². The molecule has 0 bridgehead atoms. The molecule has 2 rings (SSSR count). The molecular weight excluding hydrogens is 282 g/mol. The zero-order chi connectivity index (χ0) is 14.0. The lowest BCUT2D eigenvalue weighted by atomic mass is 10.1. The Kier molecular flexibility index (Phi) is 4.03. The maximum Gasteiger partial charge on any atom is 0.336 e. The van der Waals surface area contributed by atoms with Gasteiger partial charge in [0.25, 0.3) is 0 Å². The maximum absolute atomic E-state index is 10.9. The van der Waals surface area contributed by atoms with E-state index in [4.69, 9.17) is 9.84 Å². The van der Waals surface area contributed by atoms with Crippen molar-refractivity contribution >= 4 is 28.6 Å². The molecule has 0 spiro atoms. The maximum atomic E-state index is 10.9. The molecule has 1 unspecified atom stereocenters. The number of aromatic nitrogens is 1. The van der Waals surface area contributed by atoms with Crippen molar-refractivity contribution in [2.24, 2.45) is 0 Å². The number of hydrogen-bond donors (Lipinski definition) is 1. The quantitative estimate of drug-likeness (QED) is 0.911. The normalized spacial score (nSPS) is 14.3. The van der Waals surface area contributed by atoms with Crippen molar-refractivity contribution in [2.45, 2.75) is 25.9 Å².